The van der Waals surface area contributed by atoms with Gasteiger partial charge in [0, 0.05) is 7.92 Å². The fraction of sp³-hybridized carbons (Fsp3) is 0.625. The fourth-order valence-electron chi connectivity index (χ4n) is 2.32. The summed E-state index contributed by atoms with van der Waals surface area (Å²) in [6.45, 7) is 4.30. The maximum atomic E-state index is 13.6. The summed E-state index contributed by atoms with van der Waals surface area (Å²) in [5.74, 6) is -1.33. The number of rotatable bonds is 9. The van der Waals surface area contributed by atoms with E-state index in [2.05, 4.69) is 13.6 Å². The van der Waals surface area contributed by atoms with Gasteiger partial charge in [-0.25, -0.2) is 4.39 Å². The van der Waals surface area contributed by atoms with Crippen LogP contribution < -0.4 is 5.30 Å². The molecule has 0 N–H and O–H groups in total. The molecule has 0 saturated carbocycles. The molecule has 0 heterocycles. The molecule has 0 aliphatic rings. The Morgan fingerprint density at radius 3 is 2.26 bits per heavy atom. The predicted molar refractivity (Wildman–Crippen MR) is 83.1 cm³/mol. The molecule has 0 bridgehead atoms. The van der Waals surface area contributed by atoms with Crippen LogP contribution in [0.25, 0.3) is 0 Å². The van der Waals surface area contributed by atoms with Crippen molar-refractivity contribution in [1.29, 1.82) is 0 Å². The van der Waals surface area contributed by atoms with Crippen LogP contribution in [-0.2, 0) is 0 Å². The highest BCUT2D eigenvalue weighted by Crippen LogP contribution is 2.32. The van der Waals surface area contributed by atoms with Crippen molar-refractivity contribution in [2.24, 2.45) is 0 Å². The van der Waals surface area contributed by atoms with Crippen LogP contribution in [0.4, 0.5) is 8.78 Å². The van der Waals surface area contributed by atoms with Crippen molar-refractivity contribution in [3.05, 3.63) is 29.8 Å². The largest absolute Gasteiger partial charge is 0.204 e. The molecule has 0 aromatic heterocycles. The minimum Gasteiger partial charge on any atom is -0.204 e. The molecule has 19 heavy (non-hydrogen) atoms. The Kier molecular flexibility index (Phi) is 8.21. The molecule has 0 nitrogen and oxygen atoms in total. The molecular formula is C16H26F2P+. The molecule has 0 radical (unpaired) electrons. The molecule has 108 valence electrons. The molecule has 1 atom stereocenters. The van der Waals surface area contributed by atoms with Crippen LogP contribution in [0.3, 0.4) is 0 Å². The minimum atomic E-state index is -0.932. The molecule has 0 aliphatic heterocycles. The van der Waals surface area contributed by atoms with Gasteiger partial charge in [0.05, 0.1) is 12.8 Å². The summed E-state index contributed by atoms with van der Waals surface area (Å²) in [5, 5.41) is 0.621. The zero-order valence-electron chi connectivity index (χ0n) is 12.1. The Bertz CT molecular complexity index is 366. The van der Waals surface area contributed by atoms with Gasteiger partial charge in [-0.1, -0.05) is 45.1 Å². The molecular weight excluding hydrogens is 261 g/mol. The van der Waals surface area contributed by atoms with E-state index in [1.54, 1.807) is 12.1 Å². The summed E-state index contributed by atoms with van der Waals surface area (Å²) in [6.07, 6.45) is 9.94. The monoisotopic (exact) mass is 287 g/mol. The summed E-state index contributed by atoms with van der Waals surface area (Å²) in [6, 6.07) is 4.56. The van der Waals surface area contributed by atoms with Crippen molar-refractivity contribution in [1.82, 2.24) is 0 Å². The van der Waals surface area contributed by atoms with E-state index in [4.69, 9.17) is 0 Å². The average molecular weight is 287 g/mol. The summed E-state index contributed by atoms with van der Waals surface area (Å²) < 4.78 is 26.8. The molecule has 0 fully saturated rings. The summed E-state index contributed by atoms with van der Waals surface area (Å²) in [4.78, 5) is 0. The van der Waals surface area contributed by atoms with Gasteiger partial charge in [0.1, 0.15) is 5.30 Å². The van der Waals surface area contributed by atoms with Gasteiger partial charge in [-0.05, 0) is 25.0 Å². The lowest BCUT2D eigenvalue weighted by Crippen LogP contribution is -2.10. The molecule has 0 spiro atoms. The lowest BCUT2D eigenvalue weighted by molar-refractivity contribution is 0.514. The number of hydrogen-bond acceptors (Lipinski definition) is 0. The second-order valence-corrected chi connectivity index (χ2v) is 7.85. The Hall–Kier alpha value is -0.490. The van der Waals surface area contributed by atoms with Crippen molar-refractivity contribution < 1.29 is 8.78 Å². The van der Waals surface area contributed by atoms with Crippen molar-refractivity contribution >= 4 is 13.2 Å². The second kappa shape index (κ2) is 9.42. The van der Waals surface area contributed by atoms with Crippen LogP contribution in [0.5, 0.6) is 0 Å². The highest BCUT2D eigenvalue weighted by molar-refractivity contribution is 7.64. The molecule has 0 aliphatic carbocycles. The topological polar surface area (TPSA) is 0 Å². The first-order chi connectivity index (χ1) is 9.16. The van der Waals surface area contributed by atoms with E-state index in [-0.39, 0.29) is 0 Å². The lowest BCUT2D eigenvalue weighted by atomic mass is 10.1. The van der Waals surface area contributed by atoms with E-state index in [0.29, 0.717) is 5.30 Å². The van der Waals surface area contributed by atoms with E-state index < -0.39 is 19.6 Å². The van der Waals surface area contributed by atoms with Gasteiger partial charge in [-0.3, -0.25) is 0 Å². The second-order valence-electron chi connectivity index (χ2n) is 5.25. The van der Waals surface area contributed by atoms with Gasteiger partial charge in [0.25, 0.3) is 0 Å². The minimum absolute atomic E-state index is 0.621. The maximum absolute atomic E-state index is 13.6. The third kappa shape index (κ3) is 5.99. The molecule has 0 saturated heterocycles. The van der Waals surface area contributed by atoms with Gasteiger partial charge in [0.2, 0.25) is 0 Å². The summed E-state index contributed by atoms with van der Waals surface area (Å²) in [7, 11) is -0.932. The van der Waals surface area contributed by atoms with Gasteiger partial charge >= 0.3 is 0 Å². The Morgan fingerprint density at radius 1 is 0.947 bits per heavy atom. The highest BCUT2D eigenvalue weighted by Gasteiger charge is 2.19. The fourth-order valence-corrected chi connectivity index (χ4v) is 4.24. The van der Waals surface area contributed by atoms with E-state index in [1.165, 1.54) is 44.6 Å². The zero-order chi connectivity index (χ0) is 14.1. The van der Waals surface area contributed by atoms with Crippen LogP contribution in [0, 0.1) is 11.6 Å². The van der Waals surface area contributed by atoms with Crippen LogP contribution in [0.2, 0.25) is 0 Å². The van der Waals surface area contributed by atoms with E-state index in [1.807, 2.05) is 0 Å². The molecule has 3 heteroatoms. The van der Waals surface area contributed by atoms with Crippen molar-refractivity contribution in [3.8, 4) is 0 Å². The first-order valence-electron chi connectivity index (χ1n) is 7.43. The number of benzene rings is 1. The molecule has 0 amide bonds. The molecule has 1 unspecified atom stereocenters. The van der Waals surface area contributed by atoms with Crippen LogP contribution in [-0.4, -0.2) is 12.8 Å². The Labute approximate surface area is 117 Å². The Balaban J connectivity index is 2.24. The number of hydrogen-bond donors (Lipinski definition) is 0. The highest BCUT2D eigenvalue weighted by atomic mass is 31.1. The maximum Gasteiger partial charge on any atom is 0.200 e. The van der Waals surface area contributed by atoms with Crippen molar-refractivity contribution in [2.45, 2.75) is 51.9 Å². The van der Waals surface area contributed by atoms with Gasteiger partial charge in [-0.2, -0.15) is 4.39 Å². The summed E-state index contributed by atoms with van der Waals surface area (Å²) in [5.41, 5.74) is 0. The lowest BCUT2D eigenvalue weighted by Gasteiger charge is -2.06. The van der Waals surface area contributed by atoms with Crippen molar-refractivity contribution in [2.75, 3.05) is 12.8 Å². The molecule has 1 rings (SSSR count). The van der Waals surface area contributed by atoms with Crippen LogP contribution in [0.15, 0.2) is 18.2 Å². The third-order valence-electron chi connectivity index (χ3n) is 3.57. The summed E-state index contributed by atoms with van der Waals surface area (Å²) >= 11 is 0. The average Bonchev–Trinajstić information content (AvgIpc) is 2.40. The van der Waals surface area contributed by atoms with E-state index in [0.717, 1.165) is 12.6 Å². The van der Waals surface area contributed by atoms with Crippen LogP contribution in [0.1, 0.15) is 51.9 Å². The van der Waals surface area contributed by atoms with Gasteiger partial charge in [0.15, 0.2) is 11.6 Å². The number of halogens is 2. The van der Waals surface area contributed by atoms with E-state index >= 15 is 0 Å². The molecule has 1 aromatic rings. The first-order valence-corrected chi connectivity index (χ1v) is 9.64. The standard InChI is InChI=1S/C16H25F2P/c1-3-4-5-6-7-8-9-13-19(2)15-12-10-11-14(17)16(15)18/h10-12H,3-9,13H2,1-2H3/p+1. The predicted octanol–water partition coefficient (Wildman–Crippen LogP) is 5.18. The third-order valence-corrected chi connectivity index (χ3v) is 5.98. The smallest absolute Gasteiger partial charge is 0.200 e. The quantitative estimate of drug-likeness (QED) is 0.433. The van der Waals surface area contributed by atoms with Gasteiger partial charge in [-0.15, -0.1) is 0 Å². The Morgan fingerprint density at radius 2 is 1.58 bits per heavy atom. The number of unbranched alkanes of at least 4 members (excludes halogenated alkanes) is 6. The normalized spacial score (nSPS) is 12.6. The van der Waals surface area contributed by atoms with Crippen LogP contribution >= 0.6 is 7.92 Å². The van der Waals surface area contributed by atoms with Crippen molar-refractivity contribution in [3.63, 3.8) is 0 Å². The van der Waals surface area contributed by atoms with E-state index in [9.17, 15) is 8.78 Å². The molecule has 1 aromatic carbocycles. The SMILES string of the molecule is CCCCCCCCC[PH+](C)c1cccc(F)c1F. The first kappa shape index (κ1) is 16.6. The zero-order valence-corrected chi connectivity index (χ0v) is 13.1. The van der Waals surface area contributed by atoms with Gasteiger partial charge < -0.3 is 0 Å².